The molecule has 0 bridgehead atoms. The van der Waals surface area contributed by atoms with Gasteiger partial charge in [0.2, 0.25) is 5.52 Å². The van der Waals surface area contributed by atoms with Crippen LogP contribution in [-0.4, -0.2) is 67.6 Å². The Morgan fingerprint density at radius 3 is 2.71 bits per heavy atom. The van der Waals surface area contributed by atoms with Gasteiger partial charge in [0.25, 0.3) is 0 Å². The average Bonchev–Trinajstić information content (AvgIpc) is 3.13. The van der Waals surface area contributed by atoms with Crippen molar-refractivity contribution in [3.8, 4) is 0 Å². The highest BCUT2D eigenvalue weighted by Gasteiger charge is 2.50. The highest BCUT2D eigenvalue weighted by atomic mass is 16.6. The van der Waals surface area contributed by atoms with Gasteiger partial charge >= 0.3 is 5.69 Å². The number of nitrogens with zero attached hydrogens (tertiary/aromatic N) is 3. The third-order valence-corrected chi connectivity index (χ3v) is 4.15. The molecule has 1 aromatic carbocycles. The third kappa shape index (κ3) is 2.57. The number of hydrogen-bond donors (Lipinski definition) is 4. The van der Waals surface area contributed by atoms with E-state index in [-0.39, 0.29) is 23.3 Å². The molecule has 1 aromatic heterocycles. The van der Waals surface area contributed by atoms with Crippen LogP contribution in [0, 0.1) is 10.1 Å². The second-order valence-electron chi connectivity index (χ2n) is 5.79. The largest absolute Gasteiger partial charge is 0.393 e. The van der Waals surface area contributed by atoms with Gasteiger partial charge in [-0.15, -0.1) is 0 Å². The monoisotopic (exact) mass is 340 g/mol. The molecule has 1 unspecified atom stereocenters. The van der Waals surface area contributed by atoms with Crippen LogP contribution in [0.25, 0.3) is 11.0 Å². The van der Waals surface area contributed by atoms with Crippen LogP contribution >= 0.6 is 0 Å². The van der Waals surface area contributed by atoms with Gasteiger partial charge in [-0.05, 0) is 23.3 Å². The Hall–Kier alpha value is -2.34. The molecule has 2 aromatic rings. The van der Waals surface area contributed by atoms with Crippen molar-refractivity contribution in [2.24, 2.45) is 0 Å². The van der Waals surface area contributed by atoms with E-state index < -0.39 is 35.4 Å². The molecular formula is C13H16N4O7. The van der Waals surface area contributed by atoms with Crippen LogP contribution in [0.5, 0.6) is 0 Å². The molecule has 1 aliphatic rings. The fourth-order valence-electron chi connectivity index (χ4n) is 2.70. The Morgan fingerprint density at radius 1 is 1.38 bits per heavy atom. The minimum absolute atomic E-state index is 0.00174. The summed E-state index contributed by atoms with van der Waals surface area (Å²) in [5.41, 5.74) is -0.927. The molecule has 0 spiro atoms. The number of aliphatic hydroxyl groups is 3. The highest BCUT2D eigenvalue weighted by molar-refractivity contribution is 5.93. The standard InChI is InChI=1S/C13H16N4O7/c1-13(5-18)12(20)11(19)8(23-13)4-14-6-2-3-7(17(21)22)10-9(6)15-24-16-10/h2-3,8,11-12,14,18-20H,4-5H2,1H3/t8-,11-,12+,13?/m1/s1. The third-order valence-electron chi connectivity index (χ3n) is 4.15. The van der Waals surface area contributed by atoms with Crippen LogP contribution in [0.1, 0.15) is 6.92 Å². The molecule has 3 rings (SSSR count). The lowest BCUT2D eigenvalue weighted by Gasteiger charge is -2.24. The van der Waals surface area contributed by atoms with Gasteiger partial charge in [0, 0.05) is 12.6 Å². The number of hydrogen-bond acceptors (Lipinski definition) is 10. The summed E-state index contributed by atoms with van der Waals surface area (Å²) in [6.45, 7) is 1.12. The highest BCUT2D eigenvalue weighted by Crippen LogP contribution is 2.32. The summed E-state index contributed by atoms with van der Waals surface area (Å²) in [4.78, 5) is 10.4. The first kappa shape index (κ1) is 16.5. The van der Waals surface area contributed by atoms with Crippen molar-refractivity contribution in [1.29, 1.82) is 0 Å². The number of nitrogens with one attached hydrogen (secondary N) is 1. The number of benzene rings is 1. The Kier molecular flexibility index (Phi) is 4.09. The summed E-state index contributed by atoms with van der Waals surface area (Å²) in [5.74, 6) is 0. The van der Waals surface area contributed by atoms with Gasteiger partial charge in [-0.2, -0.15) is 0 Å². The van der Waals surface area contributed by atoms with E-state index in [1.807, 2.05) is 0 Å². The summed E-state index contributed by atoms with van der Waals surface area (Å²) in [5, 5.41) is 50.3. The van der Waals surface area contributed by atoms with Crippen molar-refractivity contribution in [3.63, 3.8) is 0 Å². The lowest BCUT2D eigenvalue weighted by molar-refractivity contribution is -0.383. The first-order valence-electron chi connectivity index (χ1n) is 7.15. The quantitative estimate of drug-likeness (QED) is 0.408. The van der Waals surface area contributed by atoms with E-state index >= 15 is 0 Å². The molecule has 0 amide bonds. The number of nitro benzene ring substituents is 1. The van der Waals surface area contributed by atoms with Gasteiger partial charge in [0.05, 0.1) is 17.2 Å². The average molecular weight is 340 g/mol. The van der Waals surface area contributed by atoms with Crippen molar-refractivity contribution >= 4 is 22.4 Å². The van der Waals surface area contributed by atoms with E-state index in [4.69, 9.17) is 4.74 Å². The summed E-state index contributed by atoms with van der Waals surface area (Å²) in [6, 6.07) is 2.70. The fraction of sp³-hybridized carbons (Fsp3) is 0.538. The topological polar surface area (TPSA) is 164 Å². The molecule has 1 aliphatic heterocycles. The van der Waals surface area contributed by atoms with Gasteiger partial charge in [-0.25, -0.2) is 4.63 Å². The van der Waals surface area contributed by atoms with Crippen molar-refractivity contribution in [2.45, 2.75) is 30.8 Å². The number of rotatable bonds is 5. The molecule has 4 atom stereocenters. The van der Waals surface area contributed by atoms with E-state index in [0.29, 0.717) is 5.69 Å². The van der Waals surface area contributed by atoms with E-state index in [1.165, 1.54) is 19.1 Å². The molecule has 24 heavy (non-hydrogen) atoms. The molecule has 11 heteroatoms. The van der Waals surface area contributed by atoms with Gasteiger partial charge in [-0.3, -0.25) is 10.1 Å². The van der Waals surface area contributed by atoms with Crippen LogP contribution in [0.15, 0.2) is 16.8 Å². The normalized spacial score (nSPS) is 29.9. The molecule has 130 valence electrons. The first-order valence-corrected chi connectivity index (χ1v) is 7.15. The summed E-state index contributed by atoms with van der Waals surface area (Å²) < 4.78 is 10.1. The van der Waals surface area contributed by atoms with Crippen molar-refractivity contribution < 1.29 is 29.6 Å². The second-order valence-corrected chi connectivity index (χ2v) is 5.79. The lowest BCUT2D eigenvalue weighted by atomic mass is 9.97. The molecule has 2 heterocycles. The van der Waals surface area contributed by atoms with Gasteiger partial charge in [-0.1, -0.05) is 0 Å². The molecule has 1 saturated heterocycles. The maximum Gasteiger partial charge on any atom is 0.300 e. The molecule has 4 N–H and O–H groups in total. The van der Waals surface area contributed by atoms with E-state index in [2.05, 4.69) is 20.3 Å². The van der Waals surface area contributed by atoms with Crippen molar-refractivity contribution in [2.75, 3.05) is 18.5 Å². The van der Waals surface area contributed by atoms with Crippen LogP contribution < -0.4 is 5.32 Å². The Bertz CT molecular complexity index is 766. The number of fused-ring (bicyclic) bond motifs is 1. The lowest BCUT2D eigenvalue weighted by Crippen LogP contribution is -2.43. The number of anilines is 1. The minimum Gasteiger partial charge on any atom is -0.393 e. The first-order chi connectivity index (χ1) is 11.4. The Balaban J connectivity index is 1.79. The summed E-state index contributed by atoms with van der Waals surface area (Å²) in [6.07, 6.45) is -3.22. The SMILES string of the molecule is CC1(CO)O[C@H](CNc2ccc([N+](=O)[O-])c3nonc23)[C@@H](O)[C@@H]1O. The molecular weight excluding hydrogens is 324 g/mol. The maximum absolute atomic E-state index is 10.9. The molecule has 1 fully saturated rings. The van der Waals surface area contributed by atoms with Gasteiger partial charge in [0.15, 0.2) is 5.52 Å². The predicted molar refractivity (Wildman–Crippen MR) is 79.3 cm³/mol. The predicted octanol–water partition coefficient (Wildman–Crippen LogP) is -0.586. The molecule has 11 nitrogen and oxygen atoms in total. The zero-order valence-electron chi connectivity index (χ0n) is 12.6. The summed E-state index contributed by atoms with van der Waals surface area (Å²) in [7, 11) is 0. The number of non-ortho nitro benzene ring substituents is 1. The minimum atomic E-state index is -1.26. The van der Waals surface area contributed by atoms with Crippen molar-refractivity contribution in [3.05, 3.63) is 22.2 Å². The van der Waals surface area contributed by atoms with Crippen LogP contribution in [0.3, 0.4) is 0 Å². The van der Waals surface area contributed by atoms with Gasteiger partial charge < -0.3 is 25.4 Å². The Morgan fingerprint density at radius 2 is 2.08 bits per heavy atom. The smallest absolute Gasteiger partial charge is 0.300 e. The molecule has 0 radical (unpaired) electrons. The second kappa shape index (κ2) is 5.94. The number of aromatic nitrogens is 2. The molecule has 0 aliphatic carbocycles. The van der Waals surface area contributed by atoms with Crippen LogP contribution in [-0.2, 0) is 4.74 Å². The van der Waals surface area contributed by atoms with Gasteiger partial charge in [0.1, 0.15) is 23.9 Å². The van der Waals surface area contributed by atoms with Crippen LogP contribution in [0.2, 0.25) is 0 Å². The summed E-state index contributed by atoms with van der Waals surface area (Å²) >= 11 is 0. The van der Waals surface area contributed by atoms with E-state index in [1.54, 1.807) is 0 Å². The maximum atomic E-state index is 10.9. The fourth-order valence-corrected chi connectivity index (χ4v) is 2.70. The zero-order valence-corrected chi connectivity index (χ0v) is 12.6. The number of aliphatic hydroxyl groups excluding tert-OH is 3. The Labute approximate surface area is 134 Å². The van der Waals surface area contributed by atoms with E-state index in [9.17, 15) is 25.4 Å². The van der Waals surface area contributed by atoms with E-state index in [0.717, 1.165) is 0 Å². The molecule has 0 saturated carbocycles. The number of ether oxygens (including phenoxy) is 1. The van der Waals surface area contributed by atoms with Crippen LogP contribution in [0.4, 0.5) is 11.4 Å². The zero-order chi connectivity index (χ0) is 17.5. The number of nitro groups is 1. The van der Waals surface area contributed by atoms with Crippen molar-refractivity contribution in [1.82, 2.24) is 10.3 Å².